The molecule has 6 nitrogen and oxygen atoms in total. The predicted octanol–water partition coefficient (Wildman–Crippen LogP) is 7.44. The minimum absolute atomic E-state index is 0.139. The summed E-state index contributed by atoms with van der Waals surface area (Å²) >= 11 is 0. The zero-order valence-corrected chi connectivity index (χ0v) is 19.9. The van der Waals surface area contributed by atoms with Gasteiger partial charge in [-0.15, -0.1) is 0 Å². The van der Waals surface area contributed by atoms with Crippen molar-refractivity contribution in [2.75, 3.05) is 0 Å². The van der Waals surface area contributed by atoms with Gasteiger partial charge in [0.15, 0.2) is 0 Å². The van der Waals surface area contributed by atoms with Gasteiger partial charge in [0.1, 0.15) is 0 Å². The Morgan fingerprint density at radius 1 is 0.387 bits per heavy atom. The van der Waals surface area contributed by atoms with E-state index in [4.69, 9.17) is 15.3 Å². The molecule has 0 atom stereocenters. The minimum Gasteiger partial charge on any atom is -0.481 e. The first-order valence-corrected chi connectivity index (χ1v) is 12.6. The predicted molar refractivity (Wildman–Crippen MR) is 126 cm³/mol. The molecule has 0 aliphatic carbocycles. The fraction of sp³-hybridized carbons (Fsp3) is 0.880. The SMILES string of the molecule is CCCCCCCCCCCCCCCCCC(=O)O.O=C(O)CCCCCC(=O)O. The Balaban J connectivity index is 0. The molecule has 0 aromatic carbocycles. The lowest BCUT2D eigenvalue weighted by molar-refractivity contribution is -0.138. The Morgan fingerprint density at radius 2 is 0.581 bits per heavy atom. The van der Waals surface area contributed by atoms with E-state index >= 15 is 0 Å². The van der Waals surface area contributed by atoms with E-state index in [0.29, 0.717) is 25.7 Å². The lowest BCUT2D eigenvalue weighted by atomic mass is 10.0. The van der Waals surface area contributed by atoms with E-state index in [1.165, 1.54) is 83.5 Å². The molecule has 0 fully saturated rings. The number of rotatable bonds is 22. The van der Waals surface area contributed by atoms with E-state index in [1.54, 1.807) is 0 Å². The number of hydrogen-bond donors (Lipinski definition) is 3. The van der Waals surface area contributed by atoms with Crippen LogP contribution in [0.5, 0.6) is 0 Å². The largest absolute Gasteiger partial charge is 0.481 e. The summed E-state index contributed by atoms with van der Waals surface area (Å²) in [6.45, 7) is 2.27. The molecule has 184 valence electrons. The topological polar surface area (TPSA) is 112 Å². The van der Waals surface area contributed by atoms with Gasteiger partial charge in [0.2, 0.25) is 0 Å². The van der Waals surface area contributed by atoms with Crippen LogP contribution in [0.25, 0.3) is 0 Å². The number of aliphatic carboxylic acids is 3. The Labute approximate surface area is 189 Å². The third-order valence-electron chi connectivity index (χ3n) is 5.28. The Kier molecular flexibility index (Phi) is 27.0. The molecular weight excluding hydrogens is 396 g/mol. The molecule has 0 unspecified atom stereocenters. The first-order valence-electron chi connectivity index (χ1n) is 12.6. The van der Waals surface area contributed by atoms with E-state index in [0.717, 1.165) is 12.8 Å². The van der Waals surface area contributed by atoms with Crippen molar-refractivity contribution in [2.45, 2.75) is 142 Å². The van der Waals surface area contributed by atoms with Crippen LogP contribution in [-0.4, -0.2) is 33.2 Å². The van der Waals surface area contributed by atoms with Gasteiger partial charge in [0.05, 0.1) is 0 Å². The van der Waals surface area contributed by atoms with Crippen molar-refractivity contribution in [3.05, 3.63) is 0 Å². The second-order valence-electron chi connectivity index (χ2n) is 8.44. The van der Waals surface area contributed by atoms with Crippen LogP contribution in [0.15, 0.2) is 0 Å². The summed E-state index contributed by atoms with van der Waals surface area (Å²) < 4.78 is 0. The molecule has 0 saturated heterocycles. The number of carbonyl (C=O) groups is 3. The van der Waals surface area contributed by atoms with Crippen LogP contribution in [0.4, 0.5) is 0 Å². The smallest absolute Gasteiger partial charge is 0.303 e. The van der Waals surface area contributed by atoms with E-state index in [-0.39, 0.29) is 12.8 Å². The van der Waals surface area contributed by atoms with E-state index in [9.17, 15) is 14.4 Å². The van der Waals surface area contributed by atoms with Gasteiger partial charge >= 0.3 is 17.9 Å². The lowest BCUT2D eigenvalue weighted by Crippen LogP contribution is -1.96. The first kappa shape index (κ1) is 31.6. The van der Waals surface area contributed by atoms with Crippen LogP contribution in [0, 0.1) is 0 Å². The van der Waals surface area contributed by atoms with Gasteiger partial charge in [-0.3, -0.25) is 14.4 Å². The van der Waals surface area contributed by atoms with Crippen molar-refractivity contribution >= 4 is 17.9 Å². The summed E-state index contributed by atoms with van der Waals surface area (Å²) in [5.41, 5.74) is 0. The van der Waals surface area contributed by atoms with E-state index < -0.39 is 17.9 Å². The van der Waals surface area contributed by atoms with Crippen LogP contribution in [0.1, 0.15) is 142 Å². The fourth-order valence-corrected chi connectivity index (χ4v) is 3.38. The molecule has 0 radical (unpaired) electrons. The second-order valence-corrected chi connectivity index (χ2v) is 8.44. The Morgan fingerprint density at radius 3 is 0.806 bits per heavy atom. The van der Waals surface area contributed by atoms with E-state index in [1.807, 2.05) is 0 Å². The molecule has 0 spiro atoms. The Bertz CT molecular complexity index is 406. The van der Waals surface area contributed by atoms with Crippen LogP contribution in [0.3, 0.4) is 0 Å². The molecule has 0 heterocycles. The maximum absolute atomic E-state index is 10.3. The molecule has 0 saturated carbocycles. The van der Waals surface area contributed by atoms with Gasteiger partial charge in [0, 0.05) is 19.3 Å². The molecule has 0 aromatic heterocycles. The van der Waals surface area contributed by atoms with Crippen LogP contribution < -0.4 is 0 Å². The monoisotopic (exact) mass is 444 g/mol. The van der Waals surface area contributed by atoms with Crippen molar-refractivity contribution in [1.82, 2.24) is 0 Å². The summed E-state index contributed by atoms with van der Waals surface area (Å²) in [6, 6.07) is 0. The van der Waals surface area contributed by atoms with Crippen molar-refractivity contribution in [3.63, 3.8) is 0 Å². The normalized spacial score (nSPS) is 10.4. The second kappa shape index (κ2) is 26.4. The van der Waals surface area contributed by atoms with E-state index in [2.05, 4.69) is 6.92 Å². The van der Waals surface area contributed by atoms with Gasteiger partial charge in [-0.2, -0.15) is 0 Å². The number of carboxylic acids is 3. The van der Waals surface area contributed by atoms with Crippen LogP contribution in [-0.2, 0) is 14.4 Å². The molecule has 6 heteroatoms. The maximum atomic E-state index is 10.3. The molecule has 31 heavy (non-hydrogen) atoms. The molecule has 0 amide bonds. The number of hydrogen-bond acceptors (Lipinski definition) is 3. The molecule has 0 aliphatic heterocycles. The van der Waals surface area contributed by atoms with Crippen molar-refractivity contribution in [2.24, 2.45) is 0 Å². The maximum Gasteiger partial charge on any atom is 0.303 e. The van der Waals surface area contributed by atoms with Gasteiger partial charge in [-0.1, -0.05) is 103 Å². The number of unbranched alkanes of at least 4 members (excludes halogenated alkanes) is 16. The summed E-state index contributed by atoms with van der Waals surface area (Å²) in [5.74, 6) is -2.29. The Hall–Kier alpha value is -1.59. The van der Waals surface area contributed by atoms with Gasteiger partial charge < -0.3 is 15.3 Å². The first-order chi connectivity index (χ1) is 14.9. The molecule has 0 rings (SSSR count). The molecule has 0 aromatic rings. The van der Waals surface area contributed by atoms with Crippen molar-refractivity contribution in [3.8, 4) is 0 Å². The highest BCUT2D eigenvalue weighted by molar-refractivity contribution is 5.67. The van der Waals surface area contributed by atoms with Gasteiger partial charge in [-0.25, -0.2) is 0 Å². The summed E-state index contributed by atoms with van der Waals surface area (Å²) in [6.07, 6.45) is 22.3. The standard InChI is InChI=1S/C18H36O2.C7H12O4/c1-2-3-4-5-6-7-8-9-10-11-12-13-14-15-16-17-18(19)20;8-6(9)4-2-1-3-5-7(10)11/h2-17H2,1H3,(H,19,20);1-5H2,(H,8,9)(H,10,11). The molecule has 0 bridgehead atoms. The van der Waals surface area contributed by atoms with Crippen LogP contribution in [0.2, 0.25) is 0 Å². The third kappa shape index (κ3) is 36.2. The highest BCUT2D eigenvalue weighted by Crippen LogP contribution is 2.13. The molecule has 3 N–H and O–H groups in total. The average Bonchev–Trinajstić information content (AvgIpc) is 2.70. The van der Waals surface area contributed by atoms with Crippen molar-refractivity contribution in [1.29, 1.82) is 0 Å². The summed E-state index contributed by atoms with van der Waals surface area (Å²) in [5, 5.41) is 24.9. The van der Waals surface area contributed by atoms with Crippen LogP contribution >= 0.6 is 0 Å². The number of carboxylic acid groups (broad SMARTS) is 3. The zero-order chi connectivity index (χ0) is 23.6. The highest BCUT2D eigenvalue weighted by atomic mass is 16.4. The molecular formula is C25H48O6. The summed E-state index contributed by atoms with van der Waals surface area (Å²) in [4.78, 5) is 30.3. The zero-order valence-electron chi connectivity index (χ0n) is 19.9. The third-order valence-corrected chi connectivity index (χ3v) is 5.28. The lowest BCUT2D eigenvalue weighted by Gasteiger charge is -2.03. The highest BCUT2D eigenvalue weighted by Gasteiger charge is 1.99. The summed E-state index contributed by atoms with van der Waals surface area (Å²) in [7, 11) is 0. The molecule has 0 aliphatic rings. The average molecular weight is 445 g/mol. The van der Waals surface area contributed by atoms with Gasteiger partial charge in [-0.05, 0) is 19.3 Å². The quantitative estimate of drug-likeness (QED) is 0.150. The van der Waals surface area contributed by atoms with Gasteiger partial charge in [0.25, 0.3) is 0 Å². The fourth-order valence-electron chi connectivity index (χ4n) is 3.38. The van der Waals surface area contributed by atoms with Crippen molar-refractivity contribution < 1.29 is 29.7 Å². The minimum atomic E-state index is -0.819.